The van der Waals surface area contributed by atoms with E-state index in [0.717, 1.165) is 42.6 Å². The van der Waals surface area contributed by atoms with Crippen molar-refractivity contribution < 1.29 is 9.59 Å². The van der Waals surface area contributed by atoms with Crippen LogP contribution in [0.1, 0.15) is 40.7 Å². The smallest absolute Gasteiger partial charge is 0.253 e. The first kappa shape index (κ1) is 22.0. The van der Waals surface area contributed by atoms with Crippen LogP contribution in [-0.2, 0) is 17.9 Å². The molecule has 8 heteroatoms. The van der Waals surface area contributed by atoms with Gasteiger partial charge in [0.1, 0.15) is 6.54 Å². The quantitative estimate of drug-likeness (QED) is 0.560. The molecule has 2 N–H and O–H groups in total. The predicted molar refractivity (Wildman–Crippen MR) is 126 cm³/mol. The first-order valence-corrected chi connectivity index (χ1v) is 11.3. The summed E-state index contributed by atoms with van der Waals surface area (Å²) in [5.41, 5.74) is 3.58. The van der Waals surface area contributed by atoms with Crippen LogP contribution in [0.3, 0.4) is 0 Å². The Balaban J connectivity index is 1.40. The van der Waals surface area contributed by atoms with Crippen molar-refractivity contribution in [1.82, 2.24) is 25.0 Å². The van der Waals surface area contributed by atoms with Gasteiger partial charge in [0.2, 0.25) is 5.91 Å². The fraction of sp³-hybridized carbons (Fsp3) is 0.333. The summed E-state index contributed by atoms with van der Waals surface area (Å²) in [6.45, 7) is 4.04. The Morgan fingerprint density at radius 1 is 1.09 bits per heavy atom. The van der Waals surface area contributed by atoms with Crippen LogP contribution in [0.25, 0.3) is 11.4 Å². The fourth-order valence-electron chi connectivity index (χ4n) is 3.88. The fourth-order valence-corrected chi connectivity index (χ4v) is 4.08. The van der Waals surface area contributed by atoms with Crippen LogP contribution in [0.2, 0.25) is 0 Å². The molecule has 7 nitrogen and oxygen atoms in total. The molecule has 1 saturated heterocycles. The zero-order valence-electron chi connectivity index (χ0n) is 18.1. The maximum Gasteiger partial charge on any atom is 0.253 e. The molecule has 1 aliphatic rings. The van der Waals surface area contributed by atoms with Crippen LogP contribution in [0, 0.1) is 11.7 Å². The molecule has 0 radical (unpaired) electrons. The molecule has 4 rings (SSSR count). The standard InChI is InChI=1S/C24H27N5O2S/c1-17-8-10-19(11-9-17)22-26-27-24(32)29(22)16-21(30)25-15-18-6-5-7-20(14-18)23(31)28-12-3-2-4-13-28/h5-11,14H,2-4,12-13,15-16H2,1H3,(H,25,30)(H,27,32). The van der Waals surface area contributed by atoms with Crippen LogP contribution in [0.15, 0.2) is 48.5 Å². The lowest BCUT2D eigenvalue weighted by Gasteiger charge is -2.26. The first-order valence-electron chi connectivity index (χ1n) is 10.9. The van der Waals surface area contributed by atoms with Crippen molar-refractivity contribution >= 4 is 24.0 Å². The lowest BCUT2D eigenvalue weighted by molar-refractivity contribution is -0.121. The third-order valence-corrected chi connectivity index (χ3v) is 5.99. The van der Waals surface area contributed by atoms with Crippen molar-refractivity contribution in [2.24, 2.45) is 0 Å². The molecular formula is C24H27N5O2S. The van der Waals surface area contributed by atoms with Crippen LogP contribution in [-0.4, -0.2) is 44.6 Å². The Morgan fingerprint density at radius 2 is 1.84 bits per heavy atom. The Morgan fingerprint density at radius 3 is 2.59 bits per heavy atom. The Labute approximate surface area is 192 Å². The van der Waals surface area contributed by atoms with E-state index in [1.54, 1.807) is 4.57 Å². The highest BCUT2D eigenvalue weighted by Crippen LogP contribution is 2.18. The van der Waals surface area contributed by atoms with Gasteiger partial charge in [-0.25, -0.2) is 0 Å². The highest BCUT2D eigenvalue weighted by molar-refractivity contribution is 7.71. The third-order valence-electron chi connectivity index (χ3n) is 5.68. The van der Waals surface area contributed by atoms with Crippen LogP contribution >= 0.6 is 12.2 Å². The van der Waals surface area contributed by atoms with E-state index >= 15 is 0 Å². The van der Waals surface area contributed by atoms with Crippen molar-refractivity contribution in [1.29, 1.82) is 0 Å². The van der Waals surface area contributed by atoms with Gasteiger partial charge < -0.3 is 10.2 Å². The number of carbonyl (C=O) groups is 2. The van der Waals surface area contributed by atoms with Gasteiger partial charge in [0.15, 0.2) is 10.6 Å². The molecule has 0 saturated carbocycles. The third kappa shape index (κ3) is 5.13. The number of piperidine rings is 1. The molecule has 0 spiro atoms. The second-order valence-electron chi connectivity index (χ2n) is 8.13. The van der Waals surface area contributed by atoms with Crippen molar-refractivity contribution in [3.8, 4) is 11.4 Å². The number of carbonyl (C=O) groups excluding carboxylic acids is 2. The SMILES string of the molecule is Cc1ccc(-c2n[nH]c(=S)n2CC(=O)NCc2cccc(C(=O)N3CCCCC3)c2)cc1. The number of nitrogens with one attached hydrogen (secondary N) is 2. The molecule has 32 heavy (non-hydrogen) atoms. The van der Waals surface area contributed by atoms with Gasteiger partial charge in [-0.2, -0.15) is 5.10 Å². The van der Waals surface area contributed by atoms with E-state index in [9.17, 15) is 9.59 Å². The number of nitrogens with zero attached hydrogens (tertiary/aromatic N) is 3. The van der Waals surface area contributed by atoms with Gasteiger partial charge in [-0.15, -0.1) is 0 Å². The minimum Gasteiger partial charge on any atom is -0.350 e. The summed E-state index contributed by atoms with van der Waals surface area (Å²) in [5, 5.41) is 9.99. The molecule has 2 heterocycles. The number of hydrogen-bond donors (Lipinski definition) is 2. The van der Waals surface area contributed by atoms with Crippen molar-refractivity contribution in [3.05, 3.63) is 70.0 Å². The Bertz CT molecular complexity index is 1160. The molecule has 1 fully saturated rings. The molecule has 2 amide bonds. The number of benzene rings is 2. The van der Waals surface area contributed by atoms with E-state index in [1.807, 2.05) is 60.4 Å². The van der Waals surface area contributed by atoms with E-state index < -0.39 is 0 Å². The highest BCUT2D eigenvalue weighted by Gasteiger charge is 2.18. The molecule has 1 aliphatic heterocycles. The molecular weight excluding hydrogens is 422 g/mol. The van der Waals surface area contributed by atoms with Gasteiger partial charge in [0.25, 0.3) is 5.91 Å². The first-order chi connectivity index (χ1) is 15.5. The van der Waals surface area contributed by atoms with Crippen LogP contribution < -0.4 is 5.32 Å². The topological polar surface area (TPSA) is 83.0 Å². The molecule has 0 unspecified atom stereocenters. The lowest BCUT2D eigenvalue weighted by atomic mass is 10.1. The Kier molecular flexibility index (Phi) is 6.80. The van der Waals surface area contributed by atoms with Crippen molar-refractivity contribution in [2.45, 2.75) is 39.3 Å². The van der Waals surface area contributed by atoms with Crippen LogP contribution in [0.5, 0.6) is 0 Å². The molecule has 166 valence electrons. The molecule has 0 bridgehead atoms. The molecule has 2 aromatic carbocycles. The number of hydrogen-bond acceptors (Lipinski definition) is 4. The number of likely N-dealkylation sites (tertiary alicyclic amines) is 1. The van der Waals surface area contributed by atoms with Crippen molar-refractivity contribution in [2.75, 3.05) is 13.1 Å². The number of aryl methyl sites for hydroxylation is 1. The molecule has 3 aromatic rings. The van der Waals surface area contributed by atoms with Gasteiger partial charge in [-0.05, 0) is 56.1 Å². The largest absolute Gasteiger partial charge is 0.350 e. The summed E-state index contributed by atoms with van der Waals surface area (Å²) in [7, 11) is 0. The van der Waals surface area contributed by atoms with E-state index in [4.69, 9.17) is 12.2 Å². The molecule has 0 atom stereocenters. The van der Waals surface area contributed by atoms with Gasteiger partial charge >= 0.3 is 0 Å². The summed E-state index contributed by atoms with van der Waals surface area (Å²) in [5.74, 6) is 0.508. The second kappa shape index (κ2) is 9.91. The second-order valence-corrected chi connectivity index (χ2v) is 8.52. The van der Waals surface area contributed by atoms with Gasteiger partial charge in [0, 0.05) is 30.8 Å². The summed E-state index contributed by atoms with van der Waals surface area (Å²) in [6.07, 6.45) is 3.30. The zero-order valence-corrected chi connectivity index (χ0v) is 19.0. The maximum absolute atomic E-state index is 12.7. The average Bonchev–Trinajstić information content (AvgIpc) is 3.18. The maximum atomic E-state index is 12.7. The van der Waals surface area contributed by atoms with Gasteiger partial charge in [-0.3, -0.25) is 19.3 Å². The summed E-state index contributed by atoms with van der Waals surface area (Å²) < 4.78 is 2.08. The molecule has 0 aliphatic carbocycles. The summed E-state index contributed by atoms with van der Waals surface area (Å²) in [4.78, 5) is 27.3. The number of H-pyrrole nitrogens is 1. The number of amides is 2. The highest BCUT2D eigenvalue weighted by atomic mass is 32.1. The summed E-state index contributed by atoms with van der Waals surface area (Å²) >= 11 is 5.33. The minimum atomic E-state index is -0.177. The van der Waals surface area contributed by atoms with E-state index in [1.165, 1.54) is 6.42 Å². The van der Waals surface area contributed by atoms with E-state index in [2.05, 4.69) is 15.5 Å². The Hall–Kier alpha value is -3.26. The monoisotopic (exact) mass is 449 g/mol. The average molecular weight is 450 g/mol. The normalized spacial score (nSPS) is 13.7. The predicted octanol–water partition coefficient (Wildman–Crippen LogP) is 3.86. The van der Waals surface area contributed by atoms with Crippen molar-refractivity contribution in [3.63, 3.8) is 0 Å². The number of aromatic nitrogens is 3. The van der Waals surface area contributed by atoms with E-state index in [-0.39, 0.29) is 18.4 Å². The zero-order chi connectivity index (χ0) is 22.5. The lowest BCUT2D eigenvalue weighted by Crippen LogP contribution is -2.35. The number of rotatable bonds is 6. The van der Waals surface area contributed by atoms with Crippen LogP contribution in [0.4, 0.5) is 0 Å². The minimum absolute atomic E-state index is 0.0605. The number of aromatic amines is 1. The molecule has 1 aromatic heterocycles. The van der Waals surface area contributed by atoms with Gasteiger partial charge in [-0.1, -0.05) is 42.0 Å². The summed E-state index contributed by atoms with van der Waals surface area (Å²) in [6, 6.07) is 15.4. The van der Waals surface area contributed by atoms with Gasteiger partial charge in [0.05, 0.1) is 0 Å². The van der Waals surface area contributed by atoms with E-state index in [0.29, 0.717) is 22.7 Å².